The van der Waals surface area contributed by atoms with Crippen molar-refractivity contribution in [3.8, 4) is 0 Å². The van der Waals surface area contributed by atoms with Crippen LogP contribution < -0.4 is 5.32 Å². The van der Waals surface area contributed by atoms with Crippen molar-refractivity contribution >= 4 is 27.3 Å². The van der Waals surface area contributed by atoms with Crippen LogP contribution in [0.15, 0.2) is 29.4 Å². The van der Waals surface area contributed by atoms with E-state index in [1.807, 2.05) is 0 Å². The lowest BCUT2D eigenvalue weighted by Gasteiger charge is -2.15. The van der Waals surface area contributed by atoms with E-state index in [0.29, 0.717) is 16.4 Å². The van der Waals surface area contributed by atoms with E-state index in [1.54, 1.807) is 38.1 Å². The Labute approximate surface area is 133 Å². The molecule has 1 aromatic heterocycles. The molecular weight excluding hydrogens is 328 g/mol. The van der Waals surface area contributed by atoms with Crippen LogP contribution >= 0.6 is 11.6 Å². The zero-order valence-corrected chi connectivity index (χ0v) is 13.6. The normalized spacial score (nSPS) is 12.9. The smallest absolute Gasteiger partial charge is 0.267 e. The van der Waals surface area contributed by atoms with Crippen LogP contribution in [0.4, 0.5) is 0 Å². The summed E-state index contributed by atoms with van der Waals surface area (Å²) in [6, 6.07) is 6.62. The number of rotatable bonds is 5. The van der Waals surface area contributed by atoms with Crippen LogP contribution in [-0.4, -0.2) is 35.3 Å². The van der Waals surface area contributed by atoms with E-state index in [4.69, 9.17) is 11.6 Å². The molecule has 2 aromatic rings. The lowest BCUT2D eigenvalue weighted by molar-refractivity contribution is -0.119. The Kier molecular flexibility index (Phi) is 4.82. The monoisotopic (exact) mass is 342 g/mol. The van der Waals surface area contributed by atoms with Crippen molar-refractivity contribution in [3.63, 3.8) is 0 Å². The van der Waals surface area contributed by atoms with Gasteiger partial charge in [-0.1, -0.05) is 29.8 Å². The van der Waals surface area contributed by atoms with Gasteiger partial charge in [0.15, 0.2) is 0 Å². The lowest BCUT2D eigenvalue weighted by Crippen LogP contribution is -2.32. The molecule has 0 aliphatic rings. The van der Waals surface area contributed by atoms with Crippen molar-refractivity contribution in [3.05, 3.63) is 40.7 Å². The number of carbonyl (C=O) groups excluding carboxylic acids is 1. The van der Waals surface area contributed by atoms with Gasteiger partial charge in [0.2, 0.25) is 15.7 Å². The molecule has 1 unspecified atom stereocenters. The second-order valence-electron chi connectivity index (χ2n) is 4.77. The number of aromatic nitrogens is 3. The predicted molar refractivity (Wildman–Crippen MR) is 81.2 cm³/mol. The van der Waals surface area contributed by atoms with E-state index in [-0.39, 0.29) is 5.16 Å². The van der Waals surface area contributed by atoms with E-state index < -0.39 is 27.5 Å². The summed E-state index contributed by atoms with van der Waals surface area (Å²) in [6.07, 6.45) is 0. The summed E-state index contributed by atoms with van der Waals surface area (Å²) in [6.45, 7) is 3.30. The summed E-state index contributed by atoms with van der Waals surface area (Å²) in [5, 5.41) is 8.72. The van der Waals surface area contributed by atoms with Crippen molar-refractivity contribution < 1.29 is 13.2 Å². The number of nitrogens with zero attached hydrogens (tertiary/aromatic N) is 2. The first-order chi connectivity index (χ1) is 10.3. The zero-order chi connectivity index (χ0) is 16.3. The van der Waals surface area contributed by atoms with Gasteiger partial charge in [0.1, 0.15) is 11.6 Å². The molecule has 0 spiro atoms. The first-order valence-electron chi connectivity index (χ1n) is 6.45. The van der Waals surface area contributed by atoms with Crippen LogP contribution in [0.25, 0.3) is 0 Å². The standard InChI is InChI=1S/C13H15ClN4O3S/c1-8(10-5-3-4-6-11(10)14)15-12(19)7-22(20,21)13-16-9(2)17-18-13/h3-6,8H,7H2,1-2H3,(H,15,19)(H,16,17,18). The molecule has 0 saturated heterocycles. The Hall–Kier alpha value is -1.93. The molecule has 0 aliphatic carbocycles. The van der Waals surface area contributed by atoms with Crippen molar-refractivity contribution in [2.45, 2.75) is 25.0 Å². The number of amides is 1. The maximum Gasteiger partial charge on any atom is 0.267 e. The Morgan fingerprint density at radius 1 is 1.41 bits per heavy atom. The molecule has 0 radical (unpaired) electrons. The molecule has 9 heteroatoms. The number of aromatic amines is 1. The van der Waals surface area contributed by atoms with E-state index in [1.165, 1.54) is 0 Å². The van der Waals surface area contributed by atoms with Crippen LogP contribution in [0.5, 0.6) is 0 Å². The fraction of sp³-hybridized carbons (Fsp3) is 0.308. The third-order valence-electron chi connectivity index (χ3n) is 2.93. The highest BCUT2D eigenvalue weighted by Crippen LogP contribution is 2.22. The first kappa shape index (κ1) is 16.4. The number of nitrogens with one attached hydrogen (secondary N) is 2. The predicted octanol–water partition coefficient (Wildman–Crippen LogP) is 1.42. The number of benzene rings is 1. The highest BCUT2D eigenvalue weighted by molar-refractivity contribution is 7.91. The van der Waals surface area contributed by atoms with Gasteiger partial charge in [-0.3, -0.25) is 9.89 Å². The molecule has 1 amide bonds. The third-order valence-corrected chi connectivity index (χ3v) is 4.65. The van der Waals surface area contributed by atoms with Crippen molar-refractivity contribution in [1.29, 1.82) is 0 Å². The second-order valence-corrected chi connectivity index (χ2v) is 7.06. The van der Waals surface area contributed by atoms with Crippen molar-refractivity contribution in [2.24, 2.45) is 0 Å². The lowest BCUT2D eigenvalue weighted by atomic mass is 10.1. The molecule has 1 atom stereocenters. The molecule has 1 aromatic carbocycles. The number of sulfone groups is 1. The fourth-order valence-corrected chi connectivity index (χ4v) is 3.20. The fourth-order valence-electron chi connectivity index (χ4n) is 1.89. The quantitative estimate of drug-likeness (QED) is 0.855. The van der Waals surface area contributed by atoms with E-state index >= 15 is 0 Å². The van der Waals surface area contributed by atoms with Gasteiger partial charge < -0.3 is 5.32 Å². The second kappa shape index (κ2) is 6.45. The number of hydrogen-bond donors (Lipinski definition) is 2. The van der Waals surface area contributed by atoms with Gasteiger partial charge in [0.25, 0.3) is 5.16 Å². The minimum Gasteiger partial charge on any atom is -0.349 e. The molecule has 22 heavy (non-hydrogen) atoms. The van der Waals surface area contributed by atoms with E-state index in [2.05, 4.69) is 20.5 Å². The average molecular weight is 343 g/mol. The third kappa shape index (κ3) is 3.83. The van der Waals surface area contributed by atoms with Gasteiger partial charge >= 0.3 is 0 Å². The Morgan fingerprint density at radius 3 is 2.68 bits per heavy atom. The topological polar surface area (TPSA) is 105 Å². The van der Waals surface area contributed by atoms with Crippen LogP contribution in [-0.2, 0) is 14.6 Å². The molecule has 1 heterocycles. The van der Waals surface area contributed by atoms with Crippen molar-refractivity contribution in [1.82, 2.24) is 20.5 Å². The van der Waals surface area contributed by atoms with Gasteiger partial charge in [-0.15, -0.1) is 5.10 Å². The van der Waals surface area contributed by atoms with Gasteiger partial charge in [-0.05, 0) is 25.5 Å². The average Bonchev–Trinajstić information content (AvgIpc) is 2.86. The minimum atomic E-state index is -3.88. The molecule has 0 bridgehead atoms. The van der Waals surface area contributed by atoms with Gasteiger partial charge in [-0.25, -0.2) is 13.4 Å². The van der Waals surface area contributed by atoms with E-state index in [0.717, 1.165) is 0 Å². The molecular formula is C13H15ClN4O3S. The largest absolute Gasteiger partial charge is 0.349 e. The highest BCUT2D eigenvalue weighted by atomic mass is 35.5. The van der Waals surface area contributed by atoms with Gasteiger partial charge in [0, 0.05) is 5.02 Å². The van der Waals surface area contributed by atoms with Gasteiger partial charge in [-0.2, -0.15) is 0 Å². The van der Waals surface area contributed by atoms with E-state index in [9.17, 15) is 13.2 Å². The molecule has 7 nitrogen and oxygen atoms in total. The summed E-state index contributed by atoms with van der Waals surface area (Å²) >= 11 is 6.04. The summed E-state index contributed by atoms with van der Waals surface area (Å²) in [7, 11) is -3.88. The molecule has 2 N–H and O–H groups in total. The Bertz CT molecular complexity index is 788. The first-order valence-corrected chi connectivity index (χ1v) is 8.48. The molecule has 0 saturated carbocycles. The summed E-state index contributed by atoms with van der Waals surface area (Å²) < 4.78 is 24.0. The zero-order valence-electron chi connectivity index (χ0n) is 12.0. The number of carbonyl (C=O) groups is 1. The minimum absolute atomic E-state index is 0.364. The SMILES string of the molecule is Cc1nc(S(=O)(=O)CC(=O)NC(C)c2ccccc2Cl)n[nH]1. The van der Waals surface area contributed by atoms with Crippen molar-refractivity contribution in [2.75, 3.05) is 5.75 Å². The van der Waals surface area contributed by atoms with Crippen LogP contribution in [0, 0.1) is 6.92 Å². The molecule has 0 fully saturated rings. The number of halogens is 1. The number of H-pyrrole nitrogens is 1. The Balaban J connectivity index is 2.06. The number of hydrogen-bond acceptors (Lipinski definition) is 5. The van der Waals surface area contributed by atoms with Crippen LogP contribution in [0.3, 0.4) is 0 Å². The maximum atomic E-state index is 12.0. The molecule has 118 valence electrons. The summed E-state index contributed by atoms with van der Waals surface area (Å²) in [5.41, 5.74) is 0.712. The highest BCUT2D eigenvalue weighted by Gasteiger charge is 2.24. The van der Waals surface area contributed by atoms with Gasteiger partial charge in [0.05, 0.1) is 6.04 Å². The number of aryl methyl sites for hydroxylation is 1. The Morgan fingerprint density at radius 2 is 2.09 bits per heavy atom. The van der Waals surface area contributed by atoms with Crippen LogP contribution in [0.2, 0.25) is 5.02 Å². The van der Waals surface area contributed by atoms with Crippen LogP contribution in [0.1, 0.15) is 24.4 Å². The molecule has 2 rings (SSSR count). The summed E-state index contributed by atoms with van der Waals surface area (Å²) in [4.78, 5) is 15.7. The molecule has 0 aliphatic heterocycles. The summed E-state index contributed by atoms with van der Waals surface area (Å²) in [5.74, 6) is -1.00. The maximum absolute atomic E-state index is 12.0.